The minimum atomic E-state index is -1.93. The van der Waals surface area contributed by atoms with E-state index in [1.54, 1.807) is 0 Å². The van der Waals surface area contributed by atoms with Crippen LogP contribution in [0, 0.1) is 0 Å². The van der Waals surface area contributed by atoms with Gasteiger partial charge in [0, 0.05) is 41.5 Å². The molecule has 0 aliphatic rings. The van der Waals surface area contributed by atoms with Crippen molar-refractivity contribution in [1.29, 1.82) is 0 Å². The Bertz CT molecular complexity index is 2630. The molecule has 0 radical (unpaired) electrons. The third-order valence-corrected chi connectivity index (χ3v) is 14.6. The van der Waals surface area contributed by atoms with Gasteiger partial charge < -0.3 is 0 Å². The molecule has 0 atom stereocenters. The first-order valence-corrected chi connectivity index (χ1v) is 21.1. The largest absolute Gasteiger partial charge is 0.278 e. The second-order valence-corrected chi connectivity index (χ2v) is 18.0. The lowest BCUT2D eigenvalue weighted by molar-refractivity contribution is 0.831. The number of aromatic nitrogens is 4. The average Bonchev–Trinajstić information content (AvgIpc) is 3.59. The predicted molar refractivity (Wildman–Crippen MR) is 233 cm³/mol. The van der Waals surface area contributed by atoms with Gasteiger partial charge in [-0.05, 0) is 83.6 Å². The molecule has 0 spiro atoms. The van der Waals surface area contributed by atoms with Gasteiger partial charge in [0.05, 0.1) is 11.0 Å². The third kappa shape index (κ3) is 6.00. The van der Waals surface area contributed by atoms with E-state index in [-0.39, 0.29) is 11.8 Å². The third-order valence-electron chi connectivity index (χ3n) is 10.7. The summed E-state index contributed by atoms with van der Waals surface area (Å²) in [6.07, 6.45) is 0. The lowest BCUT2D eigenvalue weighted by atomic mass is 9.88. The summed E-state index contributed by atoms with van der Waals surface area (Å²) >= 11 is 0. The molecule has 0 fully saturated rings. The second-order valence-electron chi connectivity index (χ2n) is 14.9. The van der Waals surface area contributed by atoms with Gasteiger partial charge in [0.15, 0.2) is 11.6 Å². The van der Waals surface area contributed by atoms with E-state index in [4.69, 9.17) is 15.0 Å². The molecular formula is C51H44N4S. The SMILES string of the molecule is CC(C)c1cccc(C(C)C)c1-c1nc(-c2cccc(S(c3ccccc3)(c3ccccc3)c3ccccc3)c2)nc(-n2c3ccccc3c3ccccc32)n1. The maximum atomic E-state index is 5.45. The minimum Gasteiger partial charge on any atom is -0.278 e. The van der Waals surface area contributed by atoms with Crippen molar-refractivity contribution < 1.29 is 0 Å². The van der Waals surface area contributed by atoms with Gasteiger partial charge in [0.25, 0.3) is 0 Å². The van der Waals surface area contributed by atoms with Gasteiger partial charge in [0.2, 0.25) is 5.95 Å². The molecule has 9 rings (SSSR count). The van der Waals surface area contributed by atoms with Crippen molar-refractivity contribution in [2.45, 2.75) is 59.1 Å². The Morgan fingerprint density at radius 2 is 0.839 bits per heavy atom. The highest BCUT2D eigenvalue weighted by molar-refractivity contribution is 8.34. The molecule has 5 heteroatoms. The molecular weight excluding hydrogens is 701 g/mol. The maximum Gasteiger partial charge on any atom is 0.238 e. The fourth-order valence-corrected chi connectivity index (χ4v) is 12.1. The van der Waals surface area contributed by atoms with Crippen LogP contribution in [-0.2, 0) is 0 Å². The minimum absolute atomic E-state index is 0.274. The van der Waals surface area contributed by atoms with Crippen LogP contribution in [0.1, 0.15) is 50.7 Å². The summed E-state index contributed by atoms with van der Waals surface area (Å²) in [6.45, 7) is 9.01. The molecule has 2 aromatic heterocycles. The van der Waals surface area contributed by atoms with Gasteiger partial charge in [-0.3, -0.25) is 4.57 Å². The van der Waals surface area contributed by atoms with Gasteiger partial charge in [-0.1, -0.05) is 149 Å². The molecule has 0 saturated heterocycles. The Balaban J connectivity index is 1.36. The van der Waals surface area contributed by atoms with Crippen LogP contribution in [0.2, 0.25) is 0 Å². The van der Waals surface area contributed by atoms with Crippen LogP contribution in [0.25, 0.3) is 50.5 Å². The van der Waals surface area contributed by atoms with E-state index in [0.29, 0.717) is 17.6 Å². The Morgan fingerprint density at radius 1 is 0.411 bits per heavy atom. The molecule has 56 heavy (non-hydrogen) atoms. The number of rotatable bonds is 9. The van der Waals surface area contributed by atoms with Crippen LogP contribution in [0.5, 0.6) is 0 Å². The van der Waals surface area contributed by atoms with Crippen molar-refractivity contribution in [3.05, 3.63) is 193 Å². The van der Waals surface area contributed by atoms with Gasteiger partial charge in [0.1, 0.15) is 0 Å². The number of fused-ring (bicyclic) bond motifs is 3. The van der Waals surface area contributed by atoms with Crippen LogP contribution < -0.4 is 0 Å². The first kappa shape index (κ1) is 35.4. The summed E-state index contributed by atoms with van der Waals surface area (Å²) in [5, 5.41) is 2.34. The van der Waals surface area contributed by atoms with Crippen molar-refractivity contribution in [1.82, 2.24) is 19.5 Å². The van der Waals surface area contributed by atoms with E-state index < -0.39 is 10.0 Å². The summed E-state index contributed by atoms with van der Waals surface area (Å²) in [7, 11) is -1.93. The van der Waals surface area contributed by atoms with E-state index in [9.17, 15) is 0 Å². The van der Waals surface area contributed by atoms with Crippen molar-refractivity contribution in [3.8, 4) is 28.7 Å². The highest BCUT2D eigenvalue weighted by atomic mass is 32.3. The topological polar surface area (TPSA) is 43.6 Å². The standard InChI is InChI=1S/C51H44N4S/c1-35(2)42-30-19-31-43(36(3)4)48(42)50-52-49(53-51(54-50)55-46-32-16-14-28-44(46)45-29-15-17-33-47(45)55)37-20-18-27-41(34-37)56(38-21-8-5-9-22-38,39-23-10-6-11-24-39)40-25-12-7-13-26-40/h5-36H,1-4H3. The Kier molecular flexibility index (Phi) is 9.32. The Labute approximate surface area is 330 Å². The summed E-state index contributed by atoms with van der Waals surface area (Å²) in [4.78, 5) is 21.3. The van der Waals surface area contributed by atoms with Gasteiger partial charge >= 0.3 is 0 Å². The molecule has 2 heterocycles. The number of hydrogen-bond acceptors (Lipinski definition) is 3. The van der Waals surface area contributed by atoms with E-state index in [0.717, 1.165) is 22.2 Å². The number of para-hydroxylation sites is 2. The van der Waals surface area contributed by atoms with Crippen LogP contribution in [0.4, 0.5) is 0 Å². The second kappa shape index (κ2) is 14.7. The van der Waals surface area contributed by atoms with Gasteiger partial charge in [-0.15, -0.1) is 10.0 Å². The van der Waals surface area contributed by atoms with E-state index in [1.807, 2.05) is 0 Å². The highest BCUT2D eigenvalue weighted by Gasteiger charge is 2.33. The van der Waals surface area contributed by atoms with E-state index in [1.165, 1.54) is 41.5 Å². The molecule has 0 aliphatic heterocycles. The fraction of sp³-hybridized carbons (Fsp3) is 0.118. The van der Waals surface area contributed by atoms with E-state index in [2.05, 4.69) is 214 Å². The number of benzene rings is 7. The highest BCUT2D eigenvalue weighted by Crippen LogP contribution is 2.73. The van der Waals surface area contributed by atoms with Crippen molar-refractivity contribution in [3.63, 3.8) is 0 Å². The molecule has 0 aliphatic carbocycles. The van der Waals surface area contributed by atoms with Crippen LogP contribution in [-0.4, -0.2) is 19.5 Å². The molecule has 0 unspecified atom stereocenters. The normalized spacial score (nSPS) is 12.2. The van der Waals surface area contributed by atoms with Gasteiger partial charge in [-0.25, -0.2) is 4.98 Å². The Hall–Kier alpha value is -6.30. The van der Waals surface area contributed by atoms with Crippen molar-refractivity contribution >= 4 is 31.8 Å². The quantitative estimate of drug-likeness (QED) is 0.148. The molecule has 0 bridgehead atoms. The zero-order valence-corrected chi connectivity index (χ0v) is 33.0. The maximum absolute atomic E-state index is 5.45. The predicted octanol–water partition coefficient (Wildman–Crippen LogP) is 13.9. The summed E-state index contributed by atoms with van der Waals surface area (Å²) < 4.78 is 2.21. The number of hydrogen-bond donors (Lipinski definition) is 0. The fourth-order valence-electron chi connectivity index (χ4n) is 8.17. The molecule has 7 aromatic carbocycles. The summed E-state index contributed by atoms with van der Waals surface area (Å²) in [6, 6.07) is 65.5. The molecule has 9 aromatic rings. The first-order valence-electron chi connectivity index (χ1n) is 19.4. The average molecular weight is 745 g/mol. The van der Waals surface area contributed by atoms with Crippen LogP contribution in [0.15, 0.2) is 202 Å². The lowest BCUT2D eigenvalue weighted by Crippen LogP contribution is -2.09. The monoisotopic (exact) mass is 744 g/mol. The summed E-state index contributed by atoms with van der Waals surface area (Å²) in [5.74, 6) is 2.49. The lowest BCUT2D eigenvalue weighted by Gasteiger charge is -2.42. The van der Waals surface area contributed by atoms with Gasteiger partial charge in [-0.2, -0.15) is 9.97 Å². The zero-order chi connectivity index (χ0) is 38.2. The van der Waals surface area contributed by atoms with Crippen molar-refractivity contribution in [2.75, 3.05) is 0 Å². The molecule has 0 N–H and O–H groups in total. The smallest absolute Gasteiger partial charge is 0.238 e. The first-order chi connectivity index (χ1) is 27.4. The van der Waals surface area contributed by atoms with Crippen LogP contribution in [0.3, 0.4) is 0 Å². The summed E-state index contributed by atoms with van der Waals surface area (Å²) in [5.41, 5.74) is 6.63. The molecule has 4 nitrogen and oxygen atoms in total. The molecule has 0 saturated carbocycles. The van der Waals surface area contributed by atoms with E-state index >= 15 is 0 Å². The molecule has 0 amide bonds. The number of nitrogens with zero attached hydrogens (tertiary/aromatic N) is 4. The molecule has 274 valence electrons. The zero-order valence-electron chi connectivity index (χ0n) is 32.2. The Morgan fingerprint density at radius 3 is 1.34 bits per heavy atom. The van der Waals surface area contributed by atoms with Crippen LogP contribution >= 0.6 is 10.0 Å². The van der Waals surface area contributed by atoms with Crippen molar-refractivity contribution in [2.24, 2.45) is 0 Å².